The molecular formula is C28H24ClN3O5. The summed E-state index contributed by atoms with van der Waals surface area (Å²) in [4.78, 5) is 18.3. The van der Waals surface area contributed by atoms with E-state index in [0.29, 0.717) is 50.1 Å². The Bertz CT molecular complexity index is 1700. The van der Waals surface area contributed by atoms with Crippen LogP contribution in [-0.4, -0.2) is 36.2 Å². The molecule has 188 valence electrons. The van der Waals surface area contributed by atoms with Crippen LogP contribution in [0.5, 0.6) is 17.2 Å². The van der Waals surface area contributed by atoms with E-state index < -0.39 is 0 Å². The number of nitrogens with zero attached hydrogens (tertiary/aromatic N) is 3. The van der Waals surface area contributed by atoms with E-state index in [0.717, 1.165) is 5.39 Å². The molecule has 9 heteroatoms. The smallest absolute Gasteiger partial charge is 0.282 e. The van der Waals surface area contributed by atoms with Crippen LogP contribution >= 0.6 is 11.6 Å². The van der Waals surface area contributed by atoms with Crippen molar-refractivity contribution in [3.8, 4) is 28.8 Å². The molecule has 5 rings (SSSR count). The summed E-state index contributed by atoms with van der Waals surface area (Å²) in [7, 11) is 3.12. The average molecular weight is 518 g/mol. The maximum Gasteiger partial charge on any atom is 0.282 e. The number of furan rings is 1. The maximum absolute atomic E-state index is 13.6. The number of hydrogen-bond acceptors (Lipinski definition) is 7. The van der Waals surface area contributed by atoms with Crippen molar-refractivity contribution in [2.24, 2.45) is 5.10 Å². The minimum atomic E-state index is -0.357. The van der Waals surface area contributed by atoms with E-state index in [-0.39, 0.29) is 17.5 Å². The van der Waals surface area contributed by atoms with Gasteiger partial charge in [-0.25, -0.2) is 4.98 Å². The fourth-order valence-electron chi connectivity index (χ4n) is 4.03. The minimum Gasteiger partial charge on any atom is -0.496 e. The van der Waals surface area contributed by atoms with Crippen molar-refractivity contribution in [3.63, 3.8) is 0 Å². The molecule has 3 aromatic carbocycles. The van der Waals surface area contributed by atoms with Gasteiger partial charge in [-0.15, -0.1) is 0 Å². The molecule has 37 heavy (non-hydrogen) atoms. The lowest BCUT2D eigenvalue weighted by Gasteiger charge is -2.16. The molecule has 0 unspecified atom stereocenters. The fourth-order valence-corrected chi connectivity index (χ4v) is 4.25. The van der Waals surface area contributed by atoms with Gasteiger partial charge in [0, 0.05) is 16.7 Å². The fraction of sp³-hybridized carbons (Fsp3) is 0.179. The van der Waals surface area contributed by atoms with E-state index in [1.54, 1.807) is 43.5 Å². The van der Waals surface area contributed by atoms with Gasteiger partial charge in [-0.05, 0) is 50.2 Å². The summed E-state index contributed by atoms with van der Waals surface area (Å²) in [6.45, 7) is 3.81. The first-order valence-corrected chi connectivity index (χ1v) is 11.9. The highest BCUT2D eigenvalue weighted by atomic mass is 35.5. The van der Waals surface area contributed by atoms with Crippen LogP contribution in [-0.2, 0) is 0 Å². The van der Waals surface area contributed by atoms with Crippen LogP contribution < -0.4 is 19.8 Å². The third-order valence-electron chi connectivity index (χ3n) is 5.65. The second-order valence-electron chi connectivity index (χ2n) is 8.49. The molecule has 0 spiro atoms. The molecule has 0 saturated carbocycles. The molecule has 2 heterocycles. The van der Waals surface area contributed by atoms with Crippen LogP contribution in [0.15, 0.2) is 75.0 Å². The Morgan fingerprint density at radius 2 is 1.78 bits per heavy atom. The number of fused-ring (bicyclic) bond motifs is 2. The van der Waals surface area contributed by atoms with E-state index in [4.69, 9.17) is 35.2 Å². The molecule has 0 aliphatic rings. The van der Waals surface area contributed by atoms with Gasteiger partial charge in [0.25, 0.3) is 5.56 Å². The van der Waals surface area contributed by atoms with E-state index in [1.807, 2.05) is 38.1 Å². The van der Waals surface area contributed by atoms with Crippen LogP contribution in [0.25, 0.3) is 33.5 Å². The van der Waals surface area contributed by atoms with Crippen molar-refractivity contribution < 1.29 is 18.6 Å². The van der Waals surface area contributed by atoms with Crippen LogP contribution in [0.3, 0.4) is 0 Å². The van der Waals surface area contributed by atoms with Gasteiger partial charge in [0.15, 0.2) is 17.3 Å². The summed E-state index contributed by atoms with van der Waals surface area (Å²) in [6, 6.07) is 17.7. The Morgan fingerprint density at radius 1 is 1.00 bits per heavy atom. The topological polar surface area (TPSA) is 88.1 Å². The molecule has 0 fully saturated rings. The van der Waals surface area contributed by atoms with Gasteiger partial charge in [0.1, 0.15) is 11.3 Å². The van der Waals surface area contributed by atoms with Gasteiger partial charge >= 0.3 is 0 Å². The van der Waals surface area contributed by atoms with Gasteiger partial charge in [0.2, 0.25) is 5.82 Å². The van der Waals surface area contributed by atoms with Crippen molar-refractivity contribution in [3.05, 3.63) is 81.6 Å². The van der Waals surface area contributed by atoms with Crippen molar-refractivity contribution in [1.82, 2.24) is 9.66 Å². The van der Waals surface area contributed by atoms with E-state index in [9.17, 15) is 4.79 Å². The zero-order valence-electron chi connectivity index (χ0n) is 20.7. The summed E-state index contributed by atoms with van der Waals surface area (Å²) in [6.07, 6.45) is 1.37. The first kappa shape index (κ1) is 24.4. The molecule has 0 atom stereocenters. The predicted molar refractivity (Wildman–Crippen MR) is 145 cm³/mol. The van der Waals surface area contributed by atoms with Crippen LogP contribution in [0.1, 0.15) is 19.4 Å². The second kappa shape index (κ2) is 9.99. The highest BCUT2D eigenvalue weighted by Gasteiger charge is 2.19. The van der Waals surface area contributed by atoms with Gasteiger partial charge in [-0.3, -0.25) is 4.79 Å². The monoisotopic (exact) mass is 517 g/mol. The third kappa shape index (κ3) is 4.63. The quantitative estimate of drug-likeness (QED) is 0.241. The second-order valence-corrected chi connectivity index (χ2v) is 8.93. The van der Waals surface area contributed by atoms with Gasteiger partial charge < -0.3 is 18.6 Å². The third-order valence-corrected chi connectivity index (χ3v) is 5.87. The molecule has 8 nitrogen and oxygen atoms in total. The molecule has 0 aliphatic carbocycles. The Kier molecular flexibility index (Phi) is 6.58. The first-order valence-electron chi connectivity index (χ1n) is 11.6. The predicted octanol–water partition coefficient (Wildman–Crippen LogP) is 6.15. The number of para-hydroxylation sites is 1. The Labute approximate surface area is 217 Å². The summed E-state index contributed by atoms with van der Waals surface area (Å²) in [5.74, 6) is 2.16. The lowest BCUT2D eigenvalue weighted by atomic mass is 10.2. The number of rotatable bonds is 7. The summed E-state index contributed by atoms with van der Waals surface area (Å²) < 4.78 is 24.2. The average Bonchev–Trinajstić information content (AvgIpc) is 3.33. The van der Waals surface area contributed by atoms with Gasteiger partial charge in [0.05, 0.1) is 42.8 Å². The first-order chi connectivity index (χ1) is 17.9. The standard InChI is InChI=1S/C28H24ClN3O5/c1-16(2)36-26-17(12-18(29)13-24(26)35-4)15-30-32-27(31-21-9-6-5-8-19(21)28(32)33)25-14-20-22(34-3)10-7-11-23(20)37-25/h5-16H,1-4H3. The van der Waals surface area contributed by atoms with Gasteiger partial charge in [-0.1, -0.05) is 29.8 Å². The van der Waals surface area contributed by atoms with E-state index in [1.165, 1.54) is 18.0 Å². The van der Waals surface area contributed by atoms with Crippen LogP contribution in [0.2, 0.25) is 5.02 Å². The van der Waals surface area contributed by atoms with Crippen LogP contribution in [0, 0.1) is 0 Å². The largest absolute Gasteiger partial charge is 0.496 e. The zero-order valence-corrected chi connectivity index (χ0v) is 21.4. The number of halogens is 1. The van der Waals surface area contributed by atoms with Crippen LogP contribution in [0.4, 0.5) is 0 Å². The minimum absolute atomic E-state index is 0.131. The summed E-state index contributed by atoms with van der Waals surface area (Å²) in [5, 5.41) is 6.14. The summed E-state index contributed by atoms with van der Waals surface area (Å²) in [5.41, 5.74) is 1.30. The van der Waals surface area contributed by atoms with Crippen molar-refractivity contribution in [2.45, 2.75) is 20.0 Å². The van der Waals surface area contributed by atoms with Gasteiger partial charge in [-0.2, -0.15) is 9.78 Å². The summed E-state index contributed by atoms with van der Waals surface area (Å²) >= 11 is 6.32. The van der Waals surface area contributed by atoms with Crippen molar-refractivity contribution in [2.75, 3.05) is 14.2 Å². The highest BCUT2D eigenvalue weighted by Crippen LogP contribution is 2.35. The maximum atomic E-state index is 13.6. The number of benzene rings is 3. The zero-order chi connectivity index (χ0) is 26.1. The molecule has 5 aromatic rings. The Balaban J connectivity index is 1.74. The number of hydrogen-bond donors (Lipinski definition) is 0. The lowest BCUT2D eigenvalue weighted by molar-refractivity contribution is 0.230. The SMILES string of the molecule is COc1cc(Cl)cc(C=Nn2c(-c3cc4c(OC)cccc4o3)nc3ccccc3c2=O)c1OC(C)C. The number of methoxy groups -OCH3 is 2. The molecule has 0 bridgehead atoms. The Morgan fingerprint density at radius 3 is 2.54 bits per heavy atom. The molecular weight excluding hydrogens is 494 g/mol. The van der Waals surface area contributed by atoms with E-state index >= 15 is 0 Å². The molecule has 0 saturated heterocycles. The van der Waals surface area contributed by atoms with E-state index in [2.05, 4.69) is 5.10 Å². The molecule has 0 radical (unpaired) electrons. The number of aromatic nitrogens is 2. The van der Waals surface area contributed by atoms with Crippen molar-refractivity contribution >= 4 is 39.7 Å². The number of ether oxygens (including phenoxy) is 3. The lowest BCUT2D eigenvalue weighted by Crippen LogP contribution is -2.20. The normalized spacial score (nSPS) is 11.6. The Hall–Kier alpha value is -4.30. The highest BCUT2D eigenvalue weighted by molar-refractivity contribution is 6.31. The molecule has 0 aliphatic heterocycles. The molecule has 2 aromatic heterocycles. The molecule has 0 N–H and O–H groups in total. The van der Waals surface area contributed by atoms with Crippen molar-refractivity contribution in [1.29, 1.82) is 0 Å². The molecule has 0 amide bonds.